The molecule has 2 fully saturated rings. The zero-order valence-corrected chi connectivity index (χ0v) is 21.2. The summed E-state index contributed by atoms with van der Waals surface area (Å²) in [7, 11) is 0. The van der Waals surface area contributed by atoms with E-state index in [0.717, 1.165) is 27.9 Å². The van der Waals surface area contributed by atoms with Gasteiger partial charge in [0.05, 0.1) is 21.6 Å². The summed E-state index contributed by atoms with van der Waals surface area (Å²) >= 11 is 1.57. The first-order valence-electron chi connectivity index (χ1n) is 12.1. The molecule has 0 bridgehead atoms. The van der Waals surface area contributed by atoms with Crippen LogP contribution in [0.2, 0.25) is 0 Å². The molecule has 2 aromatic heterocycles. The molecule has 8 heteroatoms. The Labute approximate surface area is 218 Å². The van der Waals surface area contributed by atoms with E-state index in [1.54, 1.807) is 34.4 Å². The maximum Gasteiger partial charge on any atom is 0.245 e. The van der Waals surface area contributed by atoms with Gasteiger partial charge in [0.1, 0.15) is 23.3 Å². The van der Waals surface area contributed by atoms with Crippen LogP contribution in [0.5, 0.6) is 0 Å². The molecule has 37 heavy (non-hydrogen) atoms. The van der Waals surface area contributed by atoms with Gasteiger partial charge >= 0.3 is 0 Å². The van der Waals surface area contributed by atoms with E-state index in [1.807, 2.05) is 30.6 Å². The molecule has 184 valence electrons. The predicted octanol–water partition coefficient (Wildman–Crippen LogP) is 5.57. The highest BCUT2D eigenvalue weighted by atomic mass is 32.1. The van der Waals surface area contributed by atoms with Crippen molar-refractivity contribution in [3.8, 4) is 27.6 Å². The molecule has 0 radical (unpaired) electrons. The topological polar surface area (TPSA) is 73.1 Å². The van der Waals surface area contributed by atoms with Crippen molar-refractivity contribution in [3.63, 3.8) is 0 Å². The molecule has 0 atom stereocenters. The van der Waals surface area contributed by atoms with Crippen LogP contribution in [-0.4, -0.2) is 47.0 Å². The van der Waals surface area contributed by atoms with Crippen molar-refractivity contribution < 1.29 is 9.18 Å². The number of fused-ring (bicyclic) bond motifs is 1. The van der Waals surface area contributed by atoms with Crippen LogP contribution in [0.3, 0.4) is 0 Å². The van der Waals surface area contributed by atoms with E-state index >= 15 is 4.39 Å². The zero-order chi connectivity index (χ0) is 25.7. The van der Waals surface area contributed by atoms with Crippen molar-refractivity contribution in [3.05, 3.63) is 77.7 Å². The number of carbonyl (C=O) groups excluding carboxylic acids is 1. The van der Waals surface area contributed by atoms with Crippen molar-refractivity contribution in [1.29, 1.82) is 5.26 Å². The van der Waals surface area contributed by atoms with E-state index in [2.05, 4.69) is 22.5 Å². The second kappa shape index (κ2) is 8.79. The molecular weight excluding hydrogens is 485 g/mol. The summed E-state index contributed by atoms with van der Waals surface area (Å²) in [5.74, 6) is 0.130. The molecule has 1 spiro atoms. The van der Waals surface area contributed by atoms with Gasteiger partial charge in [0, 0.05) is 48.1 Å². The van der Waals surface area contributed by atoms with Crippen LogP contribution in [0.15, 0.2) is 60.6 Å². The fraction of sp³-hybridized carbons (Fsp3) is 0.241. The summed E-state index contributed by atoms with van der Waals surface area (Å²) in [5, 5.41) is 11.1. The van der Waals surface area contributed by atoms with Gasteiger partial charge in [0.2, 0.25) is 5.91 Å². The third-order valence-electron chi connectivity index (χ3n) is 7.51. The smallest absolute Gasteiger partial charge is 0.245 e. The molecule has 0 saturated carbocycles. The van der Waals surface area contributed by atoms with Crippen LogP contribution >= 0.6 is 11.3 Å². The number of nitriles is 1. The summed E-state index contributed by atoms with van der Waals surface area (Å²) in [6, 6.07) is 14.8. The van der Waals surface area contributed by atoms with E-state index in [1.165, 1.54) is 12.1 Å². The highest BCUT2D eigenvalue weighted by Crippen LogP contribution is 2.44. The number of thiazole rings is 1. The lowest BCUT2D eigenvalue weighted by Crippen LogP contribution is -2.59. The Kier molecular flexibility index (Phi) is 5.54. The molecular formula is C29H24FN5OS. The SMILES string of the molecule is C=CC(=O)N1CC2(CCN(c3nc4cc(-c5scnc5C)ccc4c(-c4ccccc4F)c3C#N)C2)C1. The summed E-state index contributed by atoms with van der Waals surface area (Å²) in [4.78, 5) is 26.4. The molecule has 0 unspecified atom stereocenters. The number of anilines is 1. The average Bonchev–Trinajstić information content (AvgIpc) is 3.53. The van der Waals surface area contributed by atoms with Crippen LogP contribution in [0.1, 0.15) is 17.7 Å². The Hall–Kier alpha value is -4.09. The number of hydrogen-bond donors (Lipinski definition) is 0. The maximum atomic E-state index is 15.1. The summed E-state index contributed by atoms with van der Waals surface area (Å²) < 4.78 is 15.1. The second-order valence-electron chi connectivity index (χ2n) is 9.85. The van der Waals surface area contributed by atoms with Crippen LogP contribution < -0.4 is 4.90 Å². The molecule has 4 heterocycles. The highest BCUT2D eigenvalue weighted by Gasteiger charge is 2.49. The third kappa shape index (κ3) is 3.78. The van der Waals surface area contributed by atoms with Crippen molar-refractivity contribution in [2.45, 2.75) is 13.3 Å². The van der Waals surface area contributed by atoms with Gasteiger partial charge in [0.15, 0.2) is 0 Å². The number of likely N-dealkylation sites (tertiary alicyclic amines) is 1. The number of benzene rings is 2. The van der Waals surface area contributed by atoms with Crippen LogP contribution in [-0.2, 0) is 4.79 Å². The monoisotopic (exact) mass is 509 g/mol. The molecule has 0 N–H and O–H groups in total. The Morgan fingerprint density at radius 2 is 2.05 bits per heavy atom. The first-order chi connectivity index (χ1) is 17.9. The highest BCUT2D eigenvalue weighted by molar-refractivity contribution is 7.13. The number of amides is 1. The van der Waals surface area contributed by atoms with Gasteiger partial charge in [-0.05, 0) is 37.1 Å². The first-order valence-corrected chi connectivity index (χ1v) is 13.0. The number of aryl methyl sites for hydroxylation is 1. The van der Waals surface area contributed by atoms with E-state index in [0.29, 0.717) is 54.2 Å². The average molecular weight is 510 g/mol. The third-order valence-corrected chi connectivity index (χ3v) is 8.48. The van der Waals surface area contributed by atoms with Gasteiger partial charge in [-0.15, -0.1) is 11.3 Å². The van der Waals surface area contributed by atoms with E-state index in [-0.39, 0.29) is 17.1 Å². The minimum Gasteiger partial charge on any atom is -0.355 e. The number of nitrogens with zero attached hydrogens (tertiary/aromatic N) is 5. The van der Waals surface area contributed by atoms with Gasteiger partial charge in [0.25, 0.3) is 0 Å². The Morgan fingerprint density at radius 1 is 1.24 bits per heavy atom. The van der Waals surface area contributed by atoms with E-state index < -0.39 is 0 Å². The minimum absolute atomic E-state index is 0.0260. The van der Waals surface area contributed by atoms with Gasteiger partial charge < -0.3 is 9.80 Å². The van der Waals surface area contributed by atoms with Crippen molar-refractivity contribution >= 4 is 34.0 Å². The lowest BCUT2D eigenvalue weighted by atomic mass is 9.79. The van der Waals surface area contributed by atoms with Crippen LogP contribution in [0.25, 0.3) is 32.5 Å². The normalized spacial score (nSPS) is 16.1. The van der Waals surface area contributed by atoms with Gasteiger partial charge in [-0.25, -0.2) is 14.4 Å². The van der Waals surface area contributed by atoms with Crippen molar-refractivity contribution in [1.82, 2.24) is 14.9 Å². The number of rotatable bonds is 4. The summed E-state index contributed by atoms with van der Waals surface area (Å²) in [6.45, 7) is 8.29. The van der Waals surface area contributed by atoms with Crippen LogP contribution in [0, 0.1) is 29.5 Å². The standard InChI is InChI=1S/C29H24FN5OS/c1-3-25(36)35-15-29(16-35)10-11-34(14-29)28-22(13-31)26(20-6-4-5-7-23(20)30)21-9-8-19(12-24(21)33-28)27-18(2)32-17-37-27/h3-9,12,17H,1,10-11,14-16H2,2H3. The number of hydrogen-bond acceptors (Lipinski definition) is 6. The molecule has 2 aliphatic heterocycles. The summed E-state index contributed by atoms with van der Waals surface area (Å²) in [6.07, 6.45) is 2.25. The number of aromatic nitrogens is 2. The Balaban J connectivity index is 1.50. The Bertz CT molecular complexity index is 1610. The van der Waals surface area contributed by atoms with E-state index in [9.17, 15) is 10.1 Å². The fourth-order valence-electron chi connectivity index (χ4n) is 5.67. The van der Waals surface area contributed by atoms with Crippen molar-refractivity contribution in [2.24, 2.45) is 5.41 Å². The van der Waals surface area contributed by atoms with Gasteiger partial charge in [-0.1, -0.05) is 36.9 Å². The zero-order valence-electron chi connectivity index (χ0n) is 20.4. The number of carbonyl (C=O) groups is 1. The molecule has 4 aromatic rings. The number of pyridine rings is 1. The molecule has 6 nitrogen and oxygen atoms in total. The maximum absolute atomic E-state index is 15.1. The molecule has 6 rings (SSSR count). The number of halogens is 1. The van der Waals surface area contributed by atoms with Crippen LogP contribution in [0.4, 0.5) is 10.2 Å². The molecule has 1 amide bonds. The lowest BCUT2D eigenvalue weighted by Gasteiger charge is -2.47. The van der Waals surface area contributed by atoms with Gasteiger partial charge in [-0.3, -0.25) is 4.79 Å². The molecule has 2 aromatic carbocycles. The lowest BCUT2D eigenvalue weighted by molar-refractivity contribution is -0.136. The van der Waals surface area contributed by atoms with E-state index in [4.69, 9.17) is 4.98 Å². The Morgan fingerprint density at radius 3 is 2.76 bits per heavy atom. The summed E-state index contributed by atoms with van der Waals surface area (Å²) in [5.41, 5.74) is 5.75. The second-order valence-corrected chi connectivity index (χ2v) is 10.7. The largest absolute Gasteiger partial charge is 0.355 e. The molecule has 0 aliphatic carbocycles. The fourth-order valence-corrected chi connectivity index (χ4v) is 6.48. The predicted molar refractivity (Wildman–Crippen MR) is 144 cm³/mol. The molecule has 2 saturated heterocycles. The molecule has 2 aliphatic rings. The van der Waals surface area contributed by atoms with Gasteiger partial charge in [-0.2, -0.15) is 5.26 Å². The van der Waals surface area contributed by atoms with Crippen molar-refractivity contribution in [2.75, 3.05) is 31.1 Å². The first kappa shape index (κ1) is 23.3. The minimum atomic E-state index is -0.379. The quantitative estimate of drug-likeness (QED) is 0.336.